The van der Waals surface area contributed by atoms with Crippen molar-refractivity contribution in [3.8, 4) is 16.9 Å². The van der Waals surface area contributed by atoms with Crippen LogP contribution in [0.4, 0.5) is 13.2 Å². The van der Waals surface area contributed by atoms with E-state index in [1.54, 1.807) is 49.9 Å². The van der Waals surface area contributed by atoms with Gasteiger partial charge in [0.1, 0.15) is 5.75 Å². The number of benzene rings is 1. The van der Waals surface area contributed by atoms with Gasteiger partial charge >= 0.3 is 6.18 Å². The molecule has 0 fully saturated rings. The number of aromatic nitrogens is 1. The summed E-state index contributed by atoms with van der Waals surface area (Å²) in [5.74, 6) is 0.744. The summed E-state index contributed by atoms with van der Waals surface area (Å²) < 4.78 is 47.5. The number of hydrogen-bond acceptors (Lipinski definition) is 4. The van der Waals surface area contributed by atoms with E-state index < -0.39 is 23.6 Å². The highest BCUT2D eigenvalue weighted by Crippen LogP contribution is 2.47. The van der Waals surface area contributed by atoms with Crippen molar-refractivity contribution in [2.75, 3.05) is 12.9 Å². The lowest BCUT2D eigenvalue weighted by Crippen LogP contribution is -2.50. The van der Waals surface area contributed by atoms with Gasteiger partial charge in [-0.2, -0.15) is 13.2 Å². The SMILES string of the molecule is COc1ccc(-c2cccnc2)cc1C(C)(C)CC(O)(CC1C=CSC1)C(F)(F)F. The fourth-order valence-electron chi connectivity index (χ4n) is 4.03. The molecule has 0 saturated heterocycles. The Kier molecular flexibility index (Phi) is 6.53. The van der Waals surface area contributed by atoms with Crippen LogP contribution in [0.25, 0.3) is 11.1 Å². The van der Waals surface area contributed by atoms with Crippen molar-refractivity contribution >= 4 is 11.8 Å². The van der Waals surface area contributed by atoms with Crippen LogP contribution in [-0.4, -0.2) is 34.7 Å². The van der Waals surface area contributed by atoms with E-state index in [9.17, 15) is 18.3 Å². The Hall–Kier alpha value is -1.99. The quantitative estimate of drug-likeness (QED) is 0.578. The Bertz CT molecular complexity index is 899. The van der Waals surface area contributed by atoms with Crippen molar-refractivity contribution in [2.24, 2.45) is 5.92 Å². The molecule has 1 aliphatic rings. The molecule has 1 aliphatic heterocycles. The number of aliphatic hydroxyl groups is 1. The van der Waals surface area contributed by atoms with Crippen molar-refractivity contribution in [3.05, 3.63) is 59.8 Å². The minimum absolute atomic E-state index is 0.305. The second-order valence-electron chi connectivity index (χ2n) is 8.37. The van der Waals surface area contributed by atoms with Gasteiger partial charge in [-0.3, -0.25) is 4.98 Å². The van der Waals surface area contributed by atoms with Crippen LogP contribution in [-0.2, 0) is 5.41 Å². The summed E-state index contributed by atoms with van der Waals surface area (Å²) in [5.41, 5.74) is -1.49. The molecule has 1 aromatic carbocycles. The predicted molar refractivity (Wildman–Crippen MR) is 115 cm³/mol. The monoisotopic (exact) mass is 437 g/mol. The third-order valence-corrected chi connectivity index (χ3v) is 6.51. The molecule has 0 amide bonds. The van der Waals surface area contributed by atoms with Gasteiger partial charge in [0.05, 0.1) is 7.11 Å². The number of hydrogen-bond donors (Lipinski definition) is 1. The first kappa shape index (κ1) is 22.7. The van der Waals surface area contributed by atoms with Gasteiger partial charge in [-0.15, -0.1) is 11.8 Å². The highest BCUT2D eigenvalue weighted by molar-refractivity contribution is 8.02. The normalized spacial score (nSPS) is 19.0. The molecule has 2 aromatic rings. The van der Waals surface area contributed by atoms with Crippen LogP contribution in [0.1, 0.15) is 32.3 Å². The smallest absolute Gasteiger partial charge is 0.417 e. The fourth-order valence-corrected chi connectivity index (χ4v) is 4.95. The van der Waals surface area contributed by atoms with E-state index in [0.717, 1.165) is 11.1 Å². The lowest BCUT2D eigenvalue weighted by molar-refractivity contribution is -0.271. The van der Waals surface area contributed by atoms with Crippen LogP contribution in [0, 0.1) is 5.92 Å². The Morgan fingerprint density at radius 3 is 2.53 bits per heavy atom. The third-order valence-electron chi connectivity index (χ3n) is 5.54. The largest absolute Gasteiger partial charge is 0.496 e. The van der Waals surface area contributed by atoms with E-state index in [4.69, 9.17) is 4.74 Å². The van der Waals surface area contributed by atoms with Crippen LogP contribution in [0.3, 0.4) is 0 Å². The van der Waals surface area contributed by atoms with Gasteiger partial charge in [0.25, 0.3) is 0 Å². The first-order valence-corrected chi connectivity index (χ1v) is 10.8. The lowest BCUT2D eigenvalue weighted by Gasteiger charge is -2.39. The summed E-state index contributed by atoms with van der Waals surface area (Å²) in [5, 5.41) is 12.6. The van der Waals surface area contributed by atoms with E-state index in [1.807, 2.05) is 18.2 Å². The number of methoxy groups -OCH3 is 1. The van der Waals surface area contributed by atoms with Crippen molar-refractivity contribution < 1.29 is 23.0 Å². The van der Waals surface area contributed by atoms with Gasteiger partial charge < -0.3 is 9.84 Å². The zero-order chi connectivity index (χ0) is 22.0. The van der Waals surface area contributed by atoms with E-state index in [0.29, 0.717) is 17.1 Å². The van der Waals surface area contributed by atoms with E-state index in [2.05, 4.69) is 4.98 Å². The number of nitrogens with zero attached hydrogens (tertiary/aromatic N) is 1. The van der Waals surface area contributed by atoms with Gasteiger partial charge in [-0.25, -0.2) is 0 Å². The molecule has 0 spiro atoms. The summed E-state index contributed by atoms with van der Waals surface area (Å²) in [6.45, 7) is 3.43. The van der Waals surface area contributed by atoms with Crippen LogP contribution in [0.5, 0.6) is 5.75 Å². The second kappa shape index (κ2) is 8.63. The molecule has 0 saturated carbocycles. The number of pyridine rings is 1. The van der Waals surface area contributed by atoms with Crippen molar-refractivity contribution in [1.29, 1.82) is 0 Å². The minimum Gasteiger partial charge on any atom is -0.496 e. The summed E-state index contributed by atoms with van der Waals surface area (Å²) in [6.07, 6.45) is -0.442. The molecule has 0 bridgehead atoms. The molecule has 0 aliphatic carbocycles. The number of allylic oxidation sites excluding steroid dienone is 1. The Morgan fingerprint density at radius 1 is 1.20 bits per heavy atom. The summed E-state index contributed by atoms with van der Waals surface area (Å²) in [6, 6.07) is 9.13. The number of alkyl halides is 3. The second-order valence-corrected chi connectivity index (χ2v) is 9.31. The van der Waals surface area contributed by atoms with Crippen molar-refractivity contribution in [3.63, 3.8) is 0 Å². The van der Waals surface area contributed by atoms with Gasteiger partial charge in [0, 0.05) is 29.3 Å². The third kappa shape index (κ3) is 4.83. The molecule has 7 heteroatoms. The molecule has 2 heterocycles. The Balaban J connectivity index is 1.98. The Morgan fingerprint density at radius 2 is 1.97 bits per heavy atom. The molecular formula is C23H26F3NO2S. The first-order valence-electron chi connectivity index (χ1n) is 9.72. The molecule has 2 unspecified atom stereocenters. The number of ether oxygens (including phenoxy) is 1. The maximum Gasteiger partial charge on any atom is 0.417 e. The fraction of sp³-hybridized carbons (Fsp3) is 0.435. The standard InChI is InChI=1S/C23H26F3NO2S/c1-21(2,15-22(28,23(24,25)26)12-16-8-10-30-14-16)19-11-17(6-7-20(19)29-3)18-5-4-9-27-13-18/h4-11,13,16,28H,12,14-15H2,1-3H3. The average Bonchev–Trinajstić information content (AvgIpc) is 3.19. The Labute approximate surface area is 179 Å². The highest BCUT2D eigenvalue weighted by Gasteiger charge is 2.56. The zero-order valence-corrected chi connectivity index (χ0v) is 18.1. The van der Waals surface area contributed by atoms with Gasteiger partial charge in [0.2, 0.25) is 0 Å². The molecule has 2 atom stereocenters. The maximum atomic E-state index is 14.0. The molecule has 1 aromatic heterocycles. The number of rotatable bonds is 7. The highest BCUT2D eigenvalue weighted by atomic mass is 32.2. The minimum atomic E-state index is -4.74. The topological polar surface area (TPSA) is 42.4 Å². The summed E-state index contributed by atoms with van der Waals surface area (Å²) in [7, 11) is 1.50. The van der Waals surface area contributed by atoms with E-state index in [1.165, 1.54) is 18.9 Å². The number of halogens is 3. The van der Waals surface area contributed by atoms with E-state index >= 15 is 0 Å². The zero-order valence-electron chi connectivity index (χ0n) is 17.2. The van der Waals surface area contributed by atoms with Crippen LogP contribution in [0.15, 0.2) is 54.2 Å². The van der Waals surface area contributed by atoms with E-state index in [-0.39, 0.29) is 12.3 Å². The van der Waals surface area contributed by atoms with Gasteiger partial charge in [-0.1, -0.05) is 32.1 Å². The van der Waals surface area contributed by atoms with Crippen LogP contribution >= 0.6 is 11.8 Å². The van der Waals surface area contributed by atoms with Gasteiger partial charge in [0.15, 0.2) is 5.60 Å². The van der Waals surface area contributed by atoms with Gasteiger partial charge in [-0.05, 0) is 53.3 Å². The average molecular weight is 438 g/mol. The molecular weight excluding hydrogens is 411 g/mol. The lowest BCUT2D eigenvalue weighted by atomic mass is 9.71. The summed E-state index contributed by atoms with van der Waals surface area (Å²) >= 11 is 1.47. The van der Waals surface area contributed by atoms with Crippen molar-refractivity contribution in [2.45, 2.75) is 43.9 Å². The summed E-state index contributed by atoms with van der Waals surface area (Å²) in [4.78, 5) is 4.12. The number of thioether (sulfide) groups is 1. The maximum absolute atomic E-state index is 14.0. The molecule has 3 nitrogen and oxygen atoms in total. The first-order chi connectivity index (χ1) is 14.1. The molecule has 1 N–H and O–H groups in total. The van der Waals surface area contributed by atoms with Crippen LogP contribution in [0.2, 0.25) is 0 Å². The molecule has 3 rings (SSSR count). The molecule has 0 radical (unpaired) electrons. The van der Waals surface area contributed by atoms with Crippen molar-refractivity contribution in [1.82, 2.24) is 4.98 Å². The molecule has 30 heavy (non-hydrogen) atoms. The molecule has 162 valence electrons. The predicted octanol–water partition coefficient (Wildman–Crippen LogP) is 5.99. The van der Waals surface area contributed by atoms with Crippen LogP contribution < -0.4 is 4.74 Å².